The third kappa shape index (κ3) is 5.13. The number of ether oxygens (including phenoxy) is 1. The van der Waals surface area contributed by atoms with Gasteiger partial charge in [0.05, 0.1) is 16.2 Å². The lowest BCUT2D eigenvalue weighted by molar-refractivity contribution is -0.144. The quantitative estimate of drug-likeness (QED) is 0.628. The summed E-state index contributed by atoms with van der Waals surface area (Å²) < 4.78 is 5.50. The van der Waals surface area contributed by atoms with Crippen LogP contribution in [0.1, 0.15) is 29.8 Å². The molecule has 1 atom stereocenters. The van der Waals surface area contributed by atoms with Crippen molar-refractivity contribution in [2.24, 2.45) is 4.99 Å². The van der Waals surface area contributed by atoms with Crippen molar-refractivity contribution in [1.29, 1.82) is 0 Å². The highest BCUT2D eigenvalue weighted by Crippen LogP contribution is 2.35. The van der Waals surface area contributed by atoms with Crippen LogP contribution in [0.25, 0.3) is 6.08 Å². The van der Waals surface area contributed by atoms with E-state index in [-0.39, 0.29) is 11.5 Å². The Labute approximate surface area is 182 Å². The van der Waals surface area contributed by atoms with Crippen molar-refractivity contribution in [2.75, 3.05) is 6.54 Å². The first-order valence-corrected chi connectivity index (χ1v) is 10.2. The normalized spacial score (nSPS) is 17.2. The number of hydrogen-bond donors (Lipinski definition) is 2. The number of aliphatic imine (C=N–C) groups is 1. The Balaban J connectivity index is 1.90. The number of rotatable bonds is 7. The minimum Gasteiger partial charge on any atom is -0.479 e. The third-order valence-corrected chi connectivity index (χ3v) is 5.41. The smallest absolute Gasteiger partial charge is 0.344 e. The van der Waals surface area contributed by atoms with Gasteiger partial charge < -0.3 is 14.9 Å². The summed E-state index contributed by atoms with van der Waals surface area (Å²) in [6, 6.07) is 12.9. The van der Waals surface area contributed by atoms with Crippen LogP contribution in [0.2, 0.25) is 0 Å². The van der Waals surface area contributed by atoms with E-state index in [1.807, 2.05) is 6.92 Å². The molecule has 31 heavy (non-hydrogen) atoms. The minimum absolute atomic E-state index is 0.152. The summed E-state index contributed by atoms with van der Waals surface area (Å²) >= 11 is 1.18. The fourth-order valence-electron chi connectivity index (χ4n) is 2.75. The number of benzene rings is 2. The summed E-state index contributed by atoms with van der Waals surface area (Å²) in [5.41, 5.74) is 1.26. The molecule has 0 aliphatic carbocycles. The van der Waals surface area contributed by atoms with Crippen molar-refractivity contribution in [2.45, 2.75) is 20.0 Å². The molecule has 1 saturated heterocycles. The van der Waals surface area contributed by atoms with Gasteiger partial charge in [0.15, 0.2) is 11.3 Å². The van der Waals surface area contributed by atoms with Gasteiger partial charge in [0, 0.05) is 12.1 Å². The summed E-state index contributed by atoms with van der Waals surface area (Å²) in [5.74, 6) is -1.98. The van der Waals surface area contributed by atoms with E-state index < -0.39 is 18.0 Å². The van der Waals surface area contributed by atoms with E-state index >= 15 is 0 Å². The van der Waals surface area contributed by atoms with Crippen LogP contribution in [0.5, 0.6) is 5.75 Å². The number of para-hydroxylation sites is 1. The molecule has 0 aromatic heterocycles. The molecule has 0 bridgehead atoms. The van der Waals surface area contributed by atoms with Crippen LogP contribution < -0.4 is 4.74 Å². The second-order valence-corrected chi connectivity index (χ2v) is 7.55. The number of amides is 1. The topological polar surface area (TPSA) is 117 Å². The zero-order valence-electron chi connectivity index (χ0n) is 16.8. The minimum atomic E-state index is -1.09. The van der Waals surface area contributed by atoms with Crippen molar-refractivity contribution in [3.63, 3.8) is 0 Å². The van der Waals surface area contributed by atoms with Gasteiger partial charge in [-0.25, -0.2) is 14.6 Å². The second kappa shape index (κ2) is 9.48. The number of carboxylic acid groups (broad SMARTS) is 2. The number of amidine groups is 1. The van der Waals surface area contributed by atoms with Crippen LogP contribution in [0.4, 0.5) is 5.69 Å². The zero-order chi connectivity index (χ0) is 22.5. The van der Waals surface area contributed by atoms with Gasteiger partial charge in [0.25, 0.3) is 5.91 Å². The molecule has 1 amide bonds. The summed E-state index contributed by atoms with van der Waals surface area (Å²) in [6.07, 6.45) is 0.611. The monoisotopic (exact) mass is 440 g/mol. The fraction of sp³-hybridized carbons (Fsp3) is 0.182. The molecular formula is C22H20N2O6S. The number of carbonyl (C=O) groups is 3. The van der Waals surface area contributed by atoms with E-state index in [4.69, 9.17) is 14.9 Å². The summed E-state index contributed by atoms with van der Waals surface area (Å²) in [4.78, 5) is 41.4. The maximum Gasteiger partial charge on any atom is 0.344 e. The van der Waals surface area contributed by atoms with Gasteiger partial charge in [0.2, 0.25) is 0 Å². The molecular weight excluding hydrogens is 420 g/mol. The van der Waals surface area contributed by atoms with Crippen molar-refractivity contribution >= 4 is 46.5 Å². The molecule has 0 saturated carbocycles. The van der Waals surface area contributed by atoms with Gasteiger partial charge in [-0.15, -0.1) is 0 Å². The molecule has 8 nitrogen and oxygen atoms in total. The number of nitrogens with zero attached hydrogens (tertiary/aromatic N) is 2. The highest BCUT2D eigenvalue weighted by atomic mass is 32.2. The molecule has 3 rings (SSSR count). The molecule has 9 heteroatoms. The highest BCUT2D eigenvalue weighted by molar-refractivity contribution is 8.18. The number of thioether (sulfide) groups is 1. The lowest BCUT2D eigenvalue weighted by Crippen LogP contribution is -2.28. The van der Waals surface area contributed by atoms with Gasteiger partial charge >= 0.3 is 11.9 Å². The van der Waals surface area contributed by atoms with Gasteiger partial charge in [-0.3, -0.25) is 9.69 Å². The van der Waals surface area contributed by atoms with E-state index in [0.29, 0.717) is 33.6 Å². The van der Waals surface area contributed by atoms with E-state index in [0.717, 1.165) is 0 Å². The fourth-order valence-corrected chi connectivity index (χ4v) is 3.80. The van der Waals surface area contributed by atoms with Gasteiger partial charge in [-0.1, -0.05) is 18.2 Å². The number of hydrogen-bond acceptors (Lipinski definition) is 6. The Morgan fingerprint density at radius 1 is 1.16 bits per heavy atom. The Morgan fingerprint density at radius 3 is 2.45 bits per heavy atom. The van der Waals surface area contributed by atoms with Crippen LogP contribution in [0.15, 0.2) is 58.4 Å². The summed E-state index contributed by atoms with van der Waals surface area (Å²) in [6.45, 7) is 3.67. The van der Waals surface area contributed by atoms with Crippen LogP contribution in [0, 0.1) is 0 Å². The predicted molar refractivity (Wildman–Crippen MR) is 118 cm³/mol. The molecule has 1 heterocycles. The standard InChI is InChI=1S/C22H20N2O6S/c1-3-24-19(25)18(12-15-6-4-5-7-17(15)30-13(2)20(26)27)31-22(24)23-16-10-8-14(9-11-16)21(28)29/h4-13H,3H2,1-2H3,(H,26,27)(H,28,29)/b18-12-,23-22?. The molecule has 160 valence electrons. The molecule has 0 radical (unpaired) electrons. The van der Waals surface area contributed by atoms with E-state index in [2.05, 4.69) is 4.99 Å². The third-order valence-electron chi connectivity index (χ3n) is 4.40. The SMILES string of the molecule is CCN1C(=O)/C(=C/c2ccccc2OC(C)C(=O)O)SC1=Nc1ccc(C(=O)O)cc1. The average molecular weight is 440 g/mol. The zero-order valence-corrected chi connectivity index (χ0v) is 17.6. The van der Waals surface area contributed by atoms with Crippen molar-refractivity contribution in [3.05, 3.63) is 64.6 Å². The number of aromatic carboxylic acids is 1. The van der Waals surface area contributed by atoms with E-state index in [1.54, 1.807) is 42.5 Å². The first kappa shape index (κ1) is 22.1. The predicted octanol–water partition coefficient (Wildman–Crippen LogP) is 3.86. The Kier molecular flexibility index (Phi) is 6.76. The number of carbonyl (C=O) groups excluding carboxylic acids is 1. The second-order valence-electron chi connectivity index (χ2n) is 6.54. The number of aliphatic carboxylic acids is 1. The largest absolute Gasteiger partial charge is 0.479 e. The van der Waals surface area contributed by atoms with Crippen LogP contribution >= 0.6 is 11.8 Å². The average Bonchev–Trinajstić information content (AvgIpc) is 3.03. The number of likely N-dealkylation sites (N-methyl/N-ethyl adjacent to an activating group) is 1. The van der Waals surface area contributed by atoms with E-state index in [9.17, 15) is 14.4 Å². The highest BCUT2D eigenvalue weighted by Gasteiger charge is 2.32. The first-order valence-electron chi connectivity index (χ1n) is 9.42. The van der Waals surface area contributed by atoms with Crippen molar-refractivity contribution in [3.8, 4) is 5.75 Å². The molecule has 1 fully saturated rings. The molecule has 0 spiro atoms. The Hall–Kier alpha value is -3.59. The molecule has 2 aromatic carbocycles. The lowest BCUT2D eigenvalue weighted by Gasteiger charge is -2.13. The molecule has 1 aliphatic rings. The van der Waals surface area contributed by atoms with Gasteiger partial charge in [-0.2, -0.15) is 0 Å². The summed E-state index contributed by atoms with van der Waals surface area (Å²) in [5, 5.41) is 18.6. The molecule has 1 aliphatic heterocycles. The summed E-state index contributed by atoms with van der Waals surface area (Å²) in [7, 11) is 0. The molecule has 2 aromatic rings. The lowest BCUT2D eigenvalue weighted by atomic mass is 10.2. The van der Waals surface area contributed by atoms with Crippen molar-refractivity contribution < 1.29 is 29.3 Å². The molecule has 1 unspecified atom stereocenters. The van der Waals surface area contributed by atoms with Crippen molar-refractivity contribution in [1.82, 2.24) is 4.90 Å². The van der Waals surface area contributed by atoms with Gasteiger partial charge in [0.1, 0.15) is 5.75 Å². The Bertz CT molecular complexity index is 1080. The van der Waals surface area contributed by atoms with E-state index in [1.165, 1.54) is 35.7 Å². The first-order chi connectivity index (χ1) is 14.8. The van der Waals surface area contributed by atoms with Gasteiger partial charge in [-0.05, 0) is 62.0 Å². The van der Waals surface area contributed by atoms with Crippen LogP contribution in [0.3, 0.4) is 0 Å². The maximum absolute atomic E-state index is 12.9. The Morgan fingerprint density at radius 2 is 1.84 bits per heavy atom. The maximum atomic E-state index is 12.9. The molecule has 2 N–H and O–H groups in total. The number of carboxylic acids is 2. The van der Waals surface area contributed by atoms with Crippen LogP contribution in [-0.2, 0) is 9.59 Å². The van der Waals surface area contributed by atoms with Crippen LogP contribution in [-0.4, -0.2) is 50.8 Å².